The zero-order valence-electron chi connectivity index (χ0n) is 17.5. The number of ether oxygens (including phenoxy) is 1. The third-order valence-electron chi connectivity index (χ3n) is 4.97. The predicted octanol–water partition coefficient (Wildman–Crippen LogP) is 3.29. The Morgan fingerprint density at radius 3 is 2.46 bits per heavy atom. The molecular formula is C21H30N4O3. The second kappa shape index (κ2) is 7.81. The van der Waals surface area contributed by atoms with Crippen LogP contribution in [-0.4, -0.2) is 63.0 Å². The second-order valence-corrected chi connectivity index (χ2v) is 8.26. The Balaban J connectivity index is 1.72. The molecule has 2 aromatic heterocycles. The van der Waals surface area contributed by atoms with Crippen LogP contribution in [-0.2, 0) is 11.2 Å². The molecule has 0 spiro atoms. The average molecular weight is 386 g/mol. The summed E-state index contributed by atoms with van der Waals surface area (Å²) < 4.78 is 7.44. The molecule has 28 heavy (non-hydrogen) atoms. The van der Waals surface area contributed by atoms with E-state index in [1.807, 2.05) is 55.3 Å². The Morgan fingerprint density at radius 2 is 1.79 bits per heavy atom. The lowest BCUT2D eigenvalue weighted by molar-refractivity contribution is 0.0255. The lowest BCUT2D eigenvalue weighted by Crippen LogP contribution is -2.40. The van der Waals surface area contributed by atoms with Gasteiger partial charge in [0.25, 0.3) is 5.91 Å². The molecule has 3 heterocycles. The predicted molar refractivity (Wildman–Crippen MR) is 108 cm³/mol. The summed E-state index contributed by atoms with van der Waals surface area (Å²) in [4.78, 5) is 33.5. The minimum atomic E-state index is -0.520. The maximum absolute atomic E-state index is 13.0. The van der Waals surface area contributed by atoms with Crippen molar-refractivity contribution in [1.82, 2.24) is 19.2 Å². The van der Waals surface area contributed by atoms with E-state index in [9.17, 15) is 9.59 Å². The Labute approximate surface area is 166 Å². The van der Waals surface area contributed by atoms with Crippen LogP contribution in [0.5, 0.6) is 0 Å². The van der Waals surface area contributed by atoms with Gasteiger partial charge in [0, 0.05) is 38.1 Å². The normalized spacial score (nSPS) is 15.6. The molecule has 0 aromatic carbocycles. The number of pyridine rings is 1. The van der Waals surface area contributed by atoms with Crippen molar-refractivity contribution in [2.45, 2.75) is 53.1 Å². The highest BCUT2D eigenvalue weighted by atomic mass is 16.6. The van der Waals surface area contributed by atoms with E-state index in [4.69, 9.17) is 4.74 Å². The fourth-order valence-corrected chi connectivity index (χ4v) is 3.48. The lowest BCUT2D eigenvalue weighted by Gasteiger charge is -2.26. The van der Waals surface area contributed by atoms with Crippen molar-refractivity contribution in [2.75, 3.05) is 26.2 Å². The van der Waals surface area contributed by atoms with Crippen LogP contribution in [0.15, 0.2) is 18.3 Å². The van der Waals surface area contributed by atoms with E-state index in [1.54, 1.807) is 4.90 Å². The van der Waals surface area contributed by atoms with Gasteiger partial charge < -0.3 is 18.9 Å². The van der Waals surface area contributed by atoms with Crippen molar-refractivity contribution in [2.24, 2.45) is 0 Å². The van der Waals surface area contributed by atoms with Crippen molar-refractivity contribution in [3.63, 3.8) is 0 Å². The molecule has 3 rings (SSSR count). The zero-order valence-corrected chi connectivity index (χ0v) is 17.5. The van der Waals surface area contributed by atoms with E-state index in [0.717, 1.165) is 29.9 Å². The molecule has 7 nitrogen and oxygen atoms in total. The van der Waals surface area contributed by atoms with Crippen LogP contribution in [0, 0.1) is 6.92 Å². The number of hydrogen-bond donors (Lipinski definition) is 0. The van der Waals surface area contributed by atoms with Crippen LogP contribution in [0.2, 0.25) is 0 Å². The number of imidazole rings is 1. The molecule has 0 saturated carbocycles. The first-order chi connectivity index (χ1) is 13.2. The summed E-state index contributed by atoms with van der Waals surface area (Å²) in [6.45, 7) is 11.9. The number of aryl methyl sites for hydroxylation is 2. The summed E-state index contributed by atoms with van der Waals surface area (Å²) in [7, 11) is 0. The number of rotatable bonds is 2. The van der Waals surface area contributed by atoms with Crippen molar-refractivity contribution in [1.29, 1.82) is 0 Å². The molecule has 0 aliphatic carbocycles. The van der Waals surface area contributed by atoms with Crippen molar-refractivity contribution in [3.05, 3.63) is 35.3 Å². The van der Waals surface area contributed by atoms with Crippen LogP contribution in [0.25, 0.3) is 5.65 Å². The number of carbonyl (C=O) groups excluding carboxylic acids is 2. The summed E-state index contributed by atoms with van der Waals surface area (Å²) in [6.07, 6.45) is 3.15. The Bertz CT molecular complexity index is 882. The highest BCUT2D eigenvalue weighted by Gasteiger charge is 2.26. The van der Waals surface area contributed by atoms with Gasteiger partial charge in [0.05, 0.1) is 11.3 Å². The van der Waals surface area contributed by atoms with Gasteiger partial charge in [0.15, 0.2) is 0 Å². The minimum Gasteiger partial charge on any atom is -0.444 e. The first-order valence-electron chi connectivity index (χ1n) is 9.94. The molecule has 0 radical (unpaired) electrons. The SMILES string of the molecule is CCc1nc2ccc(C(=O)N3CCCN(C(=O)OC(C)(C)C)CC3)cn2c1C. The molecule has 1 saturated heterocycles. The van der Waals surface area contributed by atoms with Gasteiger partial charge in [-0.2, -0.15) is 0 Å². The molecular weight excluding hydrogens is 356 g/mol. The number of hydrogen-bond acceptors (Lipinski definition) is 4. The smallest absolute Gasteiger partial charge is 0.410 e. The molecule has 0 N–H and O–H groups in total. The molecule has 0 unspecified atom stereocenters. The minimum absolute atomic E-state index is 0.0147. The van der Waals surface area contributed by atoms with E-state index in [2.05, 4.69) is 11.9 Å². The van der Waals surface area contributed by atoms with Crippen LogP contribution < -0.4 is 0 Å². The third kappa shape index (κ3) is 4.29. The van der Waals surface area contributed by atoms with Gasteiger partial charge in [-0.15, -0.1) is 0 Å². The highest BCUT2D eigenvalue weighted by Crippen LogP contribution is 2.17. The maximum Gasteiger partial charge on any atom is 0.410 e. The number of amides is 2. The van der Waals surface area contributed by atoms with Crippen molar-refractivity contribution < 1.29 is 14.3 Å². The van der Waals surface area contributed by atoms with E-state index in [0.29, 0.717) is 31.7 Å². The quantitative estimate of drug-likeness (QED) is 0.794. The largest absolute Gasteiger partial charge is 0.444 e. The van der Waals surface area contributed by atoms with Crippen molar-refractivity contribution >= 4 is 17.6 Å². The van der Waals surface area contributed by atoms with Gasteiger partial charge in [-0.25, -0.2) is 9.78 Å². The summed E-state index contributed by atoms with van der Waals surface area (Å²) in [5, 5.41) is 0. The average Bonchev–Trinajstić information content (AvgIpc) is 2.81. The van der Waals surface area contributed by atoms with Gasteiger partial charge in [0.2, 0.25) is 0 Å². The van der Waals surface area contributed by atoms with Gasteiger partial charge in [0.1, 0.15) is 11.2 Å². The Hall–Kier alpha value is -2.57. The van der Waals surface area contributed by atoms with E-state index in [-0.39, 0.29) is 12.0 Å². The Morgan fingerprint density at radius 1 is 1.11 bits per heavy atom. The van der Waals surface area contributed by atoms with Gasteiger partial charge in [-0.05, 0) is 52.7 Å². The number of nitrogens with zero attached hydrogens (tertiary/aromatic N) is 4. The molecule has 1 aliphatic rings. The van der Waals surface area contributed by atoms with Gasteiger partial charge >= 0.3 is 6.09 Å². The monoisotopic (exact) mass is 386 g/mol. The number of fused-ring (bicyclic) bond motifs is 1. The van der Waals surface area contributed by atoms with E-state index in [1.165, 1.54) is 0 Å². The molecule has 2 aromatic rings. The Kier molecular flexibility index (Phi) is 5.63. The first-order valence-corrected chi connectivity index (χ1v) is 9.94. The topological polar surface area (TPSA) is 67.2 Å². The molecule has 1 fully saturated rings. The van der Waals surface area contributed by atoms with Gasteiger partial charge in [-0.3, -0.25) is 4.79 Å². The zero-order chi connectivity index (χ0) is 20.5. The molecule has 2 amide bonds. The van der Waals surface area contributed by atoms with E-state index >= 15 is 0 Å². The summed E-state index contributed by atoms with van der Waals surface area (Å²) in [5.41, 5.74) is 3.10. The number of carbonyl (C=O) groups is 2. The standard InChI is InChI=1S/C21H30N4O3/c1-6-17-15(2)25-14-16(8-9-18(25)22-17)19(26)23-10-7-11-24(13-12-23)20(27)28-21(3,4)5/h8-9,14H,6-7,10-13H2,1-5H3. The summed E-state index contributed by atoms with van der Waals surface area (Å²) >= 11 is 0. The van der Waals surface area contributed by atoms with Crippen LogP contribution in [0.3, 0.4) is 0 Å². The maximum atomic E-state index is 13.0. The summed E-state index contributed by atoms with van der Waals surface area (Å²) in [5.74, 6) is -0.0147. The van der Waals surface area contributed by atoms with E-state index < -0.39 is 5.60 Å². The molecule has 0 atom stereocenters. The first kappa shape index (κ1) is 20.2. The fourth-order valence-electron chi connectivity index (χ4n) is 3.48. The molecule has 1 aliphatic heterocycles. The van der Waals surface area contributed by atoms with Crippen molar-refractivity contribution in [3.8, 4) is 0 Å². The fraction of sp³-hybridized carbons (Fsp3) is 0.571. The molecule has 0 bridgehead atoms. The van der Waals surface area contributed by atoms with Crippen LogP contribution >= 0.6 is 0 Å². The van der Waals surface area contributed by atoms with Crippen LogP contribution in [0.1, 0.15) is 55.9 Å². The third-order valence-corrected chi connectivity index (χ3v) is 4.97. The van der Waals surface area contributed by atoms with Gasteiger partial charge in [-0.1, -0.05) is 6.92 Å². The highest BCUT2D eigenvalue weighted by molar-refractivity contribution is 5.94. The second-order valence-electron chi connectivity index (χ2n) is 8.26. The summed E-state index contributed by atoms with van der Waals surface area (Å²) in [6, 6.07) is 3.73. The number of aromatic nitrogens is 2. The molecule has 152 valence electrons. The lowest BCUT2D eigenvalue weighted by atomic mass is 10.2. The van der Waals surface area contributed by atoms with Crippen LogP contribution in [0.4, 0.5) is 4.79 Å². The molecule has 7 heteroatoms.